The van der Waals surface area contributed by atoms with E-state index in [-0.39, 0.29) is 6.10 Å². The van der Waals surface area contributed by atoms with E-state index in [1.807, 2.05) is 30.3 Å². The minimum Gasteiger partial charge on any atom is -0.465 e. The molecule has 0 saturated heterocycles. The van der Waals surface area contributed by atoms with Crippen molar-refractivity contribution in [1.82, 2.24) is 0 Å². The first kappa shape index (κ1) is 25.2. The molecule has 31 heavy (non-hydrogen) atoms. The molecule has 4 nitrogen and oxygen atoms in total. The third kappa shape index (κ3) is 8.51. The van der Waals surface area contributed by atoms with Gasteiger partial charge in [-0.25, -0.2) is 0 Å². The number of carbonyl (C=O) groups excluding carboxylic acids is 2. The van der Waals surface area contributed by atoms with E-state index in [1.54, 1.807) is 13.8 Å². The molecule has 2 unspecified atom stereocenters. The molecular formula is C27H40O4. The van der Waals surface area contributed by atoms with Crippen molar-refractivity contribution in [1.29, 1.82) is 0 Å². The first-order valence-electron chi connectivity index (χ1n) is 12.0. The van der Waals surface area contributed by atoms with E-state index < -0.39 is 17.4 Å². The van der Waals surface area contributed by atoms with Crippen LogP contribution in [0.1, 0.15) is 96.6 Å². The van der Waals surface area contributed by atoms with E-state index >= 15 is 0 Å². The number of hydrogen-bond donors (Lipinski definition) is 0. The summed E-state index contributed by atoms with van der Waals surface area (Å²) in [6, 6.07) is 9.81. The Hall–Kier alpha value is -2.10. The average molecular weight is 429 g/mol. The van der Waals surface area contributed by atoms with Gasteiger partial charge in [0.2, 0.25) is 0 Å². The Morgan fingerprint density at radius 1 is 1.03 bits per heavy atom. The molecule has 1 aromatic rings. The Bertz CT molecular complexity index is 692. The van der Waals surface area contributed by atoms with Gasteiger partial charge >= 0.3 is 11.9 Å². The second kappa shape index (κ2) is 13.3. The van der Waals surface area contributed by atoms with Crippen molar-refractivity contribution in [3.8, 4) is 0 Å². The van der Waals surface area contributed by atoms with Crippen LogP contribution in [-0.4, -0.2) is 18.5 Å². The summed E-state index contributed by atoms with van der Waals surface area (Å²) < 4.78 is 11.3. The van der Waals surface area contributed by atoms with Crippen molar-refractivity contribution in [2.75, 3.05) is 6.61 Å². The highest BCUT2D eigenvalue weighted by Gasteiger charge is 2.41. The summed E-state index contributed by atoms with van der Waals surface area (Å²) in [6.07, 6.45) is 14.9. The summed E-state index contributed by atoms with van der Waals surface area (Å²) in [5, 5.41) is 0. The number of hydrogen-bond acceptors (Lipinski definition) is 4. The molecule has 1 aliphatic rings. The van der Waals surface area contributed by atoms with Gasteiger partial charge in [0.05, 0.1) is 6.61 Å². The number of benzene rings is 1. The first-order valence-corrected chi connectivity index (χ1v) is 12.0. The Balaban J connectivity index is 1.91. The predicted molar refractivity (Wildman–Crippen MR) is 124 cm³/mol. The fourth-order valence-electron chi connectivity index (χ4n) is 3.86. The first-order chi connectivity index (χ1) is 14.9. The van der Waals surface area contributed by atoms with Gasteiger partial charge in [0.25, 0.3) is 0 Å². The highest BCUT2D eigenvalue weighted by molar-refractivity contribution is 5.99. The van der Waals surface area contributed by atoms with Crippen LogP contribution in [0.4, 0.5) is 0 Å². The molecule has 1 aromatic carbocycles. The molecule has 172 valence electrons. The van der Waals surface area contributed by atoms with Gasteiger partial charge in [-0.2, -0.15) is 0 Å². The van der Waals surface area contributed by atoms with Crippen molar-refractivity contribution in [2.24, 2.45) is 11.3 Å². The molecule has 0 saturated carbocycles. The van der Waals surface area contributed by atoms with Crippen molar-refractivity contribution in [3.05, 3.63) is 48.0 Å². The van der Waals surface area contributed by atoms with Gasteiger partial charge < -0.3 is 9.47 Å². The lowest BCUT2D eigenvalue weighted by Gasteiger charge is -2.28. The second-order valence-electron chi connectivity index (χ2n) is 9.19. The molecule has 1 aliphatic carbocycles. The van der Waals surface area contributed by atoms with Crippen molar-refractivity contribution in [3.63, 3.8) is 0 Å². The molecule has 0 heterocycles. The SMILES string of the molecule is CCCCCCCCOC(=O)C(C)(C)C(=O)OC(CC1C=CCCC1)c1ccccc1. The molecule has 0 fully saturated rings. The van der Waals surface area contributed by atoms with Crippen LogP contribution in [-0.2, 0) is 19.1 Å². The van der Waals surface area contributed by atoms with E-state index in [0.29, 0.717) is 12.5 Å². The minimum atomic E-state index is -1.32. The quantitative estimate of drug-likeness (QED) is 0.148. The molecule has 0 radical (unpaired) electrons. The van der Waals surface area contributed by atoms with Crippen LogP contribution in [0.2, 0.25) is 0 Å². The van der Waals surface area contributed by atoms with Crippen molar-refractivity contribution in [2.45, 2.75) is 91.1 Å². The Kier molecular flexibility index (Phi) is 10.8. The summed E-state index contributed by atoms with van der Waals surface area (Å²) in [4.78, 5) is 25.6. The summed E-state index contributed by atoms with van der Waals surface area (Å²) in [7, 11) is 0. The van der Waals surface area contributed by atoms with Crippen LogP contribution < -0.4 is 0 Å². The van der Waals surface area contributed by atoms with Crippen LogP contribution in [0, 0.1) is 11.3 Å². The van der Waals surface area contributed by atoms with Gasteiger partial charge in [0, 0.05) is 0 Å². The van der Waals surface area contributed by atoms with Gasteiger partial charge in [0.1, 0.15) is 6.10 Å². The third-order valence-electron chi connectivity index (χ3n) is 6.04. The maximum atomic E-state index is 13.0. The summed E-state index contributed by atoms with van der Waals surface area (Å²) >= 11 is 0. The fourth-order valence-corrected chi connectivity index (χ4v) is 3.86. The lowest BCUT2D eigenvalue weighted by Crippen LogP contribution is -2.37. The van der Waals surface area contributed by atoms with Crippen LogP contribution >= 0.6 is 0 Å². The molecule has 0 bridgehead atoms. The van der Waals surface area contributed by atoms with Crippen LogP contribution in [0.15, 0.2) is 42.5 Å². The Morgan fingerprint density at radius 2 is 1.74 bits per heavy atom. The largest absolute Gasteiger partial charge is 0.465 e. The number of carbonyl (C=O) groups is 2. The fraction of sp³-hybridized carbons (Fsp3) is 0.630. The van der Waals surface area contributed by atoms with Gasteiger partial charge in [-0.15, -0.1) is 0 Å². The minimum absolute atomic E-state index is 0.358. The normalized spacial score (nSPS) is 17.2. The van der Waals surface area contributed by atoms with Gasteiger partial charge in [-0.1, -0.05) is 81.5 Å². The summed E-state index contributed by atoms with van der Waals surface area (Å²) in [5.74, 6) is -0.640. The molecule has 2 atom stereocenters. The second-order valence-corrected chi connectivity index (χ2v) is 9.19. The molecule has 0 N–H and O–H groups in total. The van der Waals surface area contributed by atoms with E-state index in [9.17, 15) is 9.59 Å². The Morgan fingerprint density at radius 3 is 2.42 bits per heavy atom. The maximum Gasteiger partial charge on any atom is 0.323 e. The number of rotatable bonds is 13. The lowest BCUT2D eigenvalue weighted by molar-refractivity contribution is -0.174. The van der Waals surface area contributed by atoms with Crippen molar-refractivity contribution >= 4 is 11.9 Å². The van der Waals surface area contributed by atoms with E-state index in [1.165, 1.54) is 19.3 Å². The van der Waals surface area contributed by atoms with E-state index in [4.69, 9.17) is 9.47 Å². The number of allylic oxidation sites excluding steroid dienone is 2. The number of ether oxygens (including phenoxy) is 2. The number of esters is 2. The summed E-state index contributed by atoms with van der Waals surface area (Å²) in [6.45, 7) is 5.75. The zero-order valence-corrected chi connectivity index (χ0v) is 19.6. The molecule has 2 rings (SSSR count). The molecule has 0 aromatic heterocycles. The van der Waals surface area contributed by atoms with Gasteiger partial charge in [-0.05, 0) is 57.4 Å². The smallest absolute Gasteiger partial charge is 0.323 e. The monoisotopic (exact) mass is 428 g/mol. The topological polar surface area (TPSA) is 52.6 Å². The molecule has 4 heteroatoms. The highest BCUT2D eigenvalue weighted by atomic mass is 16.6. The van der Waals surface area contributed by atoms with Crippen LogP contribution in [0.25, 0.3) is 0 Å². The third-order valence-corrected chi connectivity index (χ3v) is 6.04. The average Bonchev–Trinajstić information content (AvgIpc) is 2.79. The van der Waals surface area contributed by atoms with E-state index in [2.05, 4.69) is 19.1 Å². The number of unbranched alkanes of at least 4 members (excludes halogenated alkanes) is 5. The zero-order chi connectivity index (χ0) is 22.5. The van der Waals surface area contributed by atoms with Crippen molar-refractivity contribution < 1.29 is 19.1 Å². The van der Waals surface area contributed by atoms with Gasteiger partial charge in [0.15, 0.2) is 5.41 Å². The zero-order valence-electron chi connectivity index (χ0n) is 19.6. The molecule has 0 amide bonds. The summed E-state index contributed by atoms with van der Waals surface area (Å²) in [5.41, 5.74) is -0.358. The highest BCUT2D eigenvalue weighted by Crippen LogP contribution is 2.33. The van der Waals surface area contributed by atoms with Crippen LogP contribution in [0.5, 0.6) is 0 Å². The maximum absolute atomic E-state index is 13.0. The molecule has 0 spiro atoms. The van der Waals surface area contributed by atoms with Gasteiger partial charge in [-0.3, -0.25) is 9.59 Å². The van der Waals surface area contributed by atoms with E-state index in [0.717, 1.165) is 50.5 Å². The standard InChI is InChI=1S/C27H40O4/c1-4-5-6-7-8-15-20-30-25(28)27(2,3)26(29)31-24(23-18-13-10-14-19-23)21-22-16-11-9-12-17-22/h10-11,13-14,16,18-19,22,24H,4-9,12,15,17,20-21H2,1-3H3. The predicted octanol–water partition coefficient (Wildman–Crippen LogP) is 6.95. The van der Waals surface area contributed by atoms with Crippen LogP contribution in [0.3, 0.4) is 0 Å². The lowest BCUT2D eigenvalue weighted by atomic mass is 9.88. The molecular weight excluding hydrogens is 388 g/mol. The Labute approximate surface area is 188 Å². The molecule has 0 aliphatic heterocycles.